The van der Waals surface area contributed by atoms with Crippen LogP contribution in [0.2, 0.25) is 5.02 Å². The fourth-order valence-electron chi connectivity index (χ4n) is 3.13. The number of fused-ring (bicyclic) bond motifs is 1. The third-order valence-corrected chi connectivity index (χ3v) is 4.67. The summed E-state index contributed by atoms with van der Waals surface area (Å²) in [4.78, 5) is 26.1. The lowest BCUT2D eigenvalue weighted by molar-refractivity contribution is -0.150. The number of hydrogen-bond acceptors (Lipinski definition) is 5. The van der Waals surface area contributed by atoms with E-state index in [0.717, 1.165) is 18.4 Å². The molecule has 6 nitrogen and oxygen atoms in total. The first-order chi connectivity index (χ1) is 12.6. The fourth-order valence-corrected chi connectivity index (χ4v) is 3.40. The highest BCUT2D eigenvalue weighted by atomic mass is 35.5. The standard InChI is InChI=1S/C19H22ClNO5/c1-2-24-19(23)14-4-3-7-21(12-14)17(22)6-5-13-10-15(20)18-16(11-13)25-8-9-26-18/h5-6,10-11,14H,2-4,7-9,12H2,1H3/b6-5-/t14-/m0/s1. The molecule has 1 saturated heterocycles. The molecule has 0 radical (unpaired) electrons. The average Bonchev–Trinajstić information content (AvgIpc) is 2.66. The molecule has 3 rings (SSSR count). The molecule has 140 valence electrons. The van der Waals surface area contributed by atoms with E-state index in [1.54, 1.807) is 30.0 Å². The highest BCUT2D eigenvalue weighted by Crippen LogP contribution is 2.38. The van der Waals surface area contributed by atoms with Gasteiger partial charge in [-0.2, -0.15) is 0 Å². The van der Waals surface area contributed by atoms with Crippen LogP contribution in [0.5, 0.6) is 11.5 Å². The maximum Gasteiger partial charge on any atom is 0.310 e. The quantitative estimate of drug-likeness (QED) is 0.594. The molecule has 1 atom stereocenters. The normalized spacial score (nSPS) is 19.5. The molecule has 1 aromatic rings. The van der Waals surface area contributed by atoms with Gasteiger partial charge in [0.15, 0.2) is 11.5 Å². The Bertz CT molecular complexity index is 718. The Morgan fingerprint density at radius 1 is 1.35 bits per heavy atom. The van der Waals surface area contributed by atoms with Crippen LogP contribution in [0.3, 0.4) is 0 Å². The van der Waals surface area contributed by atoms with Gasteiger partial charge in [-0.1, -0.05) is 11.6 Å². The first kappa shape index (κ1) is 18.6. The minimum atomic E-state index is -0.246. The van der Waals surface area contributed by atoms with Crippen LogP contribution in [-0.4, -0.2) is 49.7 Å². The molecule has 0 aromatic heterocycles. The number of benzene rings is 1. The summed E-state index contributed by atoms with van der Waals surface area (Å²) in [6.45, 7) is 4.11. The largest absolute Gasteiger partial charge is 0.486 e. The third kappa shape index (κ3) is 4.30. The number of carbonyl (C=O) groups is 2. The summed E-state index contributed by atoms with van der Waals surface area (Å²) in [6, 6.07) is 3.53. The van der Waals surface area contributed by atoms with Gasteiger partial charge in [-0.3, -0.25) is 9.59 Å². The van der Waals surface area contributed by atoms with Crippen molar-refractivity contribution in [3.8, 4) is 11.5 Å². The van der Waals surface area contributed by atoms with E-state index < -0.39 is 0 Å². The van der Waals surface area contributed by atoms with Crippen LogP contribution in [0, 0.1) is 5.92 Å². The van der Waals surface area contributed by atoms with Crippen LogP contribution in [0.1, 0.15) is 25.3 Å². The zero-order valence-corrected chi connectivity index (χ0v) is 15.5. The Morgan fingerprint density at radius 2 is 2.15 bits per heavy atom. The summed E-state index contributed by atoms with van der Waals surface area (Å²) < 4.78 is 16.1. The average molecular weight is 380 g/mol. The summed E-state index contributed by atoms with van der Waals surface area (Å²) in [5, 5.41) is 0.453. The Labute approximate surface area is 157 Å². The summed E-state index contributed by atoms with van der Waals surface area (Å²) >= 11 is 6.21. The second-order valence-electron chi connectivity index (χ2n) is 6.24. The molecule has 0 bridgehead atoms. The Morgan fingerprint density at radius 3 is 2.96 bits per heavy atom. The highest BCUT2D eigenvalue weighted by Gasteiger charge is 2.28. The second-order valence-corrected chi connectivity index (χ2v) is 6.64. The molecule has 1 aromatic carbocycles. The molecule has 26 heavy (non-hydrogen) atoms. The number of halogens is 1. The molecule has 1 fully saturated rings. The van der Waals surface area contributed by atoms with Gasteiger partial charge in [0.05, 0.1) is 17.5 Å². The predicted molar refractivity (Wildman–Crippen MR) is 97.4 cm³/mol. The number of likely N-dealkylation sites (tertiary alicyclic amines) is 1. The van der Waals surface area contributed by atoms with Gasteiger partial charge in [-0.05, 0) is 43.5 Å². The molecule has 2 aliphatic heterocycles. The molecule has 7 heteroatoms. The van der Waals surface area contributed by atoms with E-state index in [1.165, 1.54) is 6.08 Å². The third-order valence-electron chi connectivity index (χ3n) is 4.39. The van der Waals surface area contributed by atoms with E-state index in [9.17, 15) is 9.59 Å². The Kier molecular flexibility index (Phi) is 6.04. The van der Waals surface area contributed by atoms with E-state index in [4.69, 9.17) is 25.8 Å². The van der Waals surface area contributed by atoms with Crippen molar-refractivity contribution in [2.75, 3.05) is 32.9 Å². The molecular weight excluding hydrogens is 358 g/mol. The topological polar surface area (TPSA) is 65.1 Å². The number of nitrogens with zero attached hydrogens (tertiary/aromatic N) is 1. The summed E-state index contributed by atoms with van der Waals surface area (Å²) in [7, 11) is 0. The van der Waals surface area contributed by atoms with Gasteiger partial charge in [0.1, 0.15) is 13.2 Å². The molecule has 2 heterocycles. The van der Waals surface area contributed by atoms with Crippen molar-refractivity contribution in [2.24, 2.45) is 5.92 Å². The van der Waals surface area contributed by atoms with Crippen LogP contribution in [0.4, 0.5) is 0 Å². The van der Waals surface area contributed by atoms with E-state index in [0.29, 0.717) is 49.4 Å². The lowest BCUT2D eigenvalue weighted by Gasteiger charge is -2.30. The molecule has 0 unspecified atom stereocenters. The first-order valence-corrected chi connectivity index (χ1v) is 9.19. The van der Waals surface area contributed by atoms with E-state index >= 15 is 0 Å². The molecule has 0 aliphatic carbocycles. The SMILES string of the molecule is CCOC(=O)[C@H]1CCCN(C(=O)/C=C\c2cc(Cl)c3c(c2)OCCO3)C1. The Balaban J connectivity index is 1.66. The Hall–Kier alpha value is -2.21. The summed E-state index contributed by atoms with van der Waals surface area (Å²) in [6.07, 6.45) is 4.73. The van der Waals surface area contributed by atoms with Crippen molar-refractivity contribution in [1.82, 2.24) is 4.90 Å². The van der Waals surface area contributed by atoms with Gasteiger partial charge in [-0.25, -0.2) is 0 Å². The van der Waals surface area contributed by atoms with Crippen LogP contribution < -0.4 is 9.47 Å². The number of piperidine rings is 1. The number of carbonyl (C=O) groups excluding carboxylic acids is 2. The van der Waals surface area contributed by atoms with Gasteiger partial charge in [-0.15, -0.1) is 0 Å². The minimum absolute atomic E-state index is 0.134. The van der Waals surface area contributed by atoms with Gasteiger partial charge in [0.2, 0.25) is 5.91 Å². The summed E-state index contributed by atoms with van der Waals surface area (Å²) in [5.41, 5.74) is 0.756. The van der Waals surface area contributed by atoms with Crippen molar-refractivity contribution < 1.29 is 23.8 Å². The number of amides is 1. The highest BCUT2D eigenvalue weighted by molar-refractivity contribution is 6.32. The van der Waals surface area contributed by atoms with Crippen molar-refractivity contribution in [2.45, 2.75) is 19.8 Å². The maximum absolute atomic E-state index is 12.5. The van der Waals surface area contributed by atoms with Gasteiger partial charge in [0, 0.05) is 19.2 Å². The predicted octanol–water partition coefficient (Wildman–Crippen LogP) is 2.93. The van der Waals surface area contributed by atoms with Gasteiger partial charge < -0.3 is 19.1 Å². The summed E-state index contributed by atoms with van der Waals surface area (Å²) in [5.74, 6) is 0.508. The number of rotatable bonds is 4. The van der Waals surface area contributed by atoms with Crippen LogP contribution in [0.15, 0.2) is 18.2 Å². The van der Waals surface area contributed by atoms with Crippen molar-refractivity contribution in [3.05, 3.63) is 28.8 Å². The number of esters is 1. The van der Waals surface area contributed by atoms with Gasteiger partial charge >= 0.3 is 5.97 Å². The lowest BCUT2D eigenvalue weighted by Crippen LogP contribution is -2.42. The smallest absolute Gasteiger partial charge is 0.310 e. The molecule has 0 saturated carbocycles. The van der Waals surface area contributed by atoms with Crippen molar-refractivity contribution in [1.29, 1.82) is 0 Å². The number of ether oxygens (including phenoxy) is 3. The minimum Gasteiger partial charge on any atom is -0.486 e. The van der Waals surface area contributed by atoms with Crippen LogP contribution in [-0.2, 0) is 14.3 Å². The zero-order chi connectivity index (χ0) is 18.5. The number of hydrogen-bond donors (Lipinski definition) is 0. The van der Waals surface area contributed by atoms with E-state index in [2.05, 4.69) is 0 Å². The second kappa shape index (κ2) is 8.45. The van der Waals surface area contributed by atoms with Crippen molar-refractivity contribution >= 4 is 29.6 Å². The van der Waals surface area contributed by atoms with Crippen molar-refractivity contribution in [3.63, 3.8) is 0 Å². The van der Waals surface area contributed by atoms with Gasteiger partial charge in [0.25, 0.3) is 0 Å². The molecule has 0 spiro atoms. The zero-order valence-electron chi connectivity index (χ0n) is 14.7. The molecule has 2 aliphatic rings. The maximum atomic E-state index is 12.5. The van der Waals surface area contributed by atoms with E-state index in [1.807, 2.05) is 0 Å². The molecular formula is C19H22ClNO5. The lowest BCUT2D eigenvalue weighted by atomic mass is 9.98. The first-order valence-electron chi connectivity index (χ1n) is 8.81. The van der Waals surface area contributed by atoms with Crippen LogP contribution in [0.25, 0.3) is 6.08 Å². The monoisotopic (exact) mass is 379 g/mol. The molecule has 1 amide bonds. The van der Waals surface area contributed by atoms with Crippen LogP contribution >= 0.6 is 11.6 Å². The fraction of sp³-hybridized carbons (Fsp3) is 0.474. The van der Waals surface area contributed by atoms with E-state index in [-0.39, 0.29) is 17.8 Å². The molecule has 0 N–H and O–H groups in total.